The fraction of sp³-hybridized carbons (Fsp3) is 0.667. The zero-order chi connectivity index (χ0) is 56.1. The highest BCUT2D eigenvalue weighted by molar-refractivity contribution is 5.94. The molecule has 2 aliphatic heterocycles. The van der Waals surface area contributed by atoms with Gasteiger partial charge in [0, 0.05) is 40.3 Å². The number of benzene rings is 1. The predicted octanol–water partition coefficient (Wildman–Crippen LogP) is 2.87. The second-order valence-electron chi connectivity index (χ2n) is 19.9. The number of likely N-dealkylation sites (tertiary alicyclic amines) is 2. The summed E-state index contributed by atoms with van der Waals surface area (Å²) < 4.78 is 24.8. The van der Waals surface area contributed by atoms with Gasteiger partial charge in [-0.1, -0.05) is 89.6 Å². The minimum absolute atomic E-state index is 0.00172. The van der Waals surface area contributed by atoms with E-state index in [2.05, 4.69) is 20.9 Å². The number of aliphatic carboxylic acids is 1. The molecule has 0 bridgehead atoms. The summed E-state index contributed by atoms with van der Waals surface area (Å²) >= 11 is 0. The number of ether oxygens (including phenoxy) is 4. The van der Waals surface area contributed by atoms with Crippen molar-refractivity contribution in [2.75, 3.05) is 60.8 Å². The predicted molar refractivity (Wildman–Crippen MR) is 280 cm³/mol. The molecule has 22 heteroatoms. The Morgan fingerprint density at radius 1 is 0.947 bits per heavy atom. The Morgan fingerprint density at radius 3 is 2.26 bits per heavy atom. The SMILES string of the molecule is C/C=C\C(=O)N(C=O)Cc1cn(CCOCCOCCC(=O)N2C(CC)C(C)C(C)C2C(=O)NCC(=O)N(C)C(C(C)CC)C(CC(=O)N2CCCC2C(OC)C(C)C(=O)N[C@@H](Cc2ccccc2)C(=O)O)OC)nn1. The number of carbonyl (C=O) groups is 8. The molecule has 1 aromatic heterocycles. The van der Waals surface area contributed by atoms with E-state index in [1.54, 1.807) is 71.9 Å². The summed E-state index contributed by atoms with van der Waals surface area (Å²) in [5, 5.41) is 23.5. The first kappa shape index (κ1) is 62.4. The maximum absolute atomic E-state index is 14.3. The van der Waals surface area contributed by atoms with Gasteiger partial charge in [0.2, 0.25) is 35.9 Å². The standard InChI is InChI=1S/C54H83N9O13/c1-11-18-45(65)60(34-64)32-40-33-61(58-57-40)24-26-76-28-27-75-25-22-46(66)63-42(13-3)36(5)37(6)50(63)53(70)55-31-48(68)59(8)49(35(4)12-2)44(73-9)30-47(67)62-23-17-21-43(62)51(74-10)38(7)52(69)56-41(54(71)72)29-39-19-15-14-16-20-39/h11,14-16,18-20,33-38,41-44,49-51H,12-13,17,21-32H2,1-10H3,(H,55,70)(H,56,69)(H,71,72)/b18-11-/t35?,36?,37?,38?,41-,42?,43?,44?,49?,50?,51?/m0/s1. The number of hydrogen-bond acceptors (Lipinski definition) is 14. The van der Waals surface area contributed by atoms with Gasteiger partial charge in [0.15, 0.2) is 0 Å². The van der Waals surface area contributed by atoms with E-state index in [0.29, 0.717) is 50.9 Å². The Morgan fingerprint density at radius 2 is 1.64 bits per heavy atom. The number of hydrogen-bond donors (Lipinski definition) is 3. The van der Waals surface area contributed by atoms with Crippen LogP contribution in [0, 0.1) is 23.7 Å². The van der Waals surface area contributed by atoms with Crippen LogP contribution in [-0.2, 0) is 76.8 Å². The summed E-state index contributed by atoms with van der Waals surface area (Å²) in [7, 11) is 4.60. The van der Waals surface area contributed by atoms with E-state index >= 15 is 0 Å². The van der Waals surface area contributed by atoms with Gasteiger partial charge < -0.3 is 49.4 Å². The van der Waals surface area contributed by atoms with Crippen molar-refractivity contribution in [2.24, 2.45) is 23.7 Å². The lowest BCUT2D eigenvalue weighted by Crippen LogP contribution is -2.56. The van der Waals surface area contributed by atoms with Crippen molar-refractivity contribution in [2.45, 2.75) is 149 Å². The number of imide groups is 1. The summed E-state index contributed by atoms with van der Waals surface area (Å²) in [4.78, 5) is 111. The second-order valence-corrected chi connectivity index (χ2v) is 19.9. The smallest absolute Gasteiger partial charge is 0.326 e. The van der Waals surface area contributed by atoms with Crippen LogP contribution in [0.15, 0.2) is 48.7 Å². The van der Waals surface area contributed by atoms with Crippen LogP contribution in [0.25, 0.3) is 0 Å². The number of nitrogens with one attached hydrogen (secondary N) is 2. The van der Waals surface area contributed by atoms with Gasteiger partial charge in [-0.05, 0) is 55.6 Å². The number of amides is 7. The number of carboxylic acid groups (broad SMARTS) is 1. The molecule has 0 saturated carbocycles. The second kappa shape index (κ2) is 31.2. The summed E-state index contributed by atoms with van der Waals surface area (Å²) in [5.74, 6) is -4.57. The zero-order valence-electron chi connectivity index (χ0n) is 46.1. The molecule has 22 nitrogen and oxygen atoms in total. The highest BCUT2D eigenvalue weighted by atomic mass is 16.5. The van der Waals surface area contributed by atoms with Gasteiger partial charge >= 0.3 is 5.97 Å². The first-order valence-electron chi connectivity index (χ1n) is 26.6. The van der Waals surface area contributed by atoms with Crippen LogP contribution in [0.4, 0.5) is 0 Å². The summed E-state index contributed by atoms with van der Waals surface area (Å²) in [6.45, 7) is 14.5. The lowest BCUT2D eigenvalue weighted by Gasteiger charge is -2.39. The van der Waals surface area contributed by atoms with Gasteiger partial charge in [-0.3, -0.25) is 38.5 Å². The van der Waals surface area contributed by atoms with Crippen molar-refractivity contribution in [3.8, 4) is 0 Å². The highest BCUT2D eigenvalue weighted by Crippen LogP contribution is 2.37. The lowest BCUT2D eigenvalue weighted by molar-refractivity contribution is -0.147. The van der Waals surface area contributed by atoms with E-state index in [1.165, 1.54) is 25.2 Å². The Balaban J connectivity index is 1.30. The van der Waals surface area contributed by atoms with Crippen LogP contribution in [-0.4, -0.2) is 191 Å². The van der Waals surface area contributed by atoms with Crippen LogP contribution in [0.5, 0.6) is 0 Å². The van der Waals surface area contributed by atoms with Crippen LogP contribution in [0.2, 0.25) is 0 Å². The molecule has 1 aromatic carbocycles. The fourth-order valence-corrected chi connectivity index (χ4v) is 10.6. The zero-order valence-corrected chi connectivity index (χ0v) is 46.1. The van der Waals surface area contributed by atoms with Gasteiger partial charge in [-0.2, -0.15) is 0 Å². The van der Waals surface area contributed by atoms with E-state index in [9.17, 15) is 43.5 Å². The van der Waals surface area contributed by atoms with Crippen molar-refractivity contribution < 1.29 is 62.4 Å². The Bertz CT molecular complexity index is 2250. The van der Waals surface area contributed by atoms with Crippen molar-refractivity contribution in [3.05, 3.63) is 59.9 Å². The molecule has 3 N–H and O–H groups in total. The number of rotatable bonds is 32. The molecule has 0 radical (unpaired) electrons. The lowest BCUT2D eigenvalue weighted by atomic mass is 9.89. The molecule has 0 aliphatic carbocycles. The molecule has 4 rings (SSSR count). The molecule has 76 heavy (non-hydrogen) atoms. The normalized spacial score (nSPS) is 20.8. The van der Waals surface area contributed by atoms with Gasteiger partial charge in [0.05, 0.1) is 95.3 Å². The molecule has 2 fully saturated rings. The minimum Gasteiger partial charge on any atom is -0.480 e. The molecule has 422 valence electrons. The van der Waals surface area contributed by atoms with Crippen molar-refractivity contribution >= 4 is 47.8 Å². The molecule has 10 unspecified atom stereocenters. The van der Waals surface area contributed by atoms with E-state index in [4.69, 9.17) is 18.9 Å². The topological polar surface area (TPSA) is 261 Å². The summed E-state index contributed by atoms with van der Waals surface area (Å²) in [6, 6.07) is 5.79. The maximum atomic E-state index is 14.3. The highest BCUT2D eigenvalue weighted by Gasteiger charge is 2.49. The average Bonchev–Trinajstić information content (AvgIpc) is 4.15. The van der Waals surface area contributed by atoms with Crippen molar-refractivity contribution in [1.29, 1.82) is 0 Å². The van der Waals surface area contributed by atoms with E-state index in [0.717, 1.165) is 10.5 Å². The number of allylic oxidation sites excluding steroid dienone is 1. The van der Waals surface area contributed by atoms with Crippen LogP contribution < -0.4 is 10.6 Å². The number of nitrogens with zero attached hydrogens (tertiary/aromatic N) is 7. The Hall–Kier alpha value is -6.10. The first-order chi connectivity index (χ1) is 36.4. The maximum Gasteiger partial charge on any atom is 0.326 e. The number of aromatic nitrogens is 3. The Labute approximate surface area is 447 Å². The third kappa shape index (κ3) is 16.9. The van der Waals surface area contributed by atoms with E-state index in [1.807, 2.05) is 40.7 Å². The average molecular weight is 1070 g/mol. The number of likely N-dealkylation sites (N-methyl/N-ethyl adjacent to an activating group) is 1. The molecule has 2 aromatic rings. The first-order valence-corrected chi connectivity index (χ1v) is 26.6. The Kier molecular flexibility index (Phi) is 25.6. The molecular weight excluding hydrogens is 983 g/mol. The van der Waals surface area contributed by atoms with Gasteiger partial charge in [0.25, 0.3) is 5.91 Å². The molecular formula is C54H83N9O13. The van der Waals surface area contributed by atoms with Crippen LogP contribution in [0.1, 0.15) is 98.2 Å². The third-order valence-electron chi connectivity index (χ3n) is 15.1. The van der Waals surface area contributed by atoms with Crippen molar-refractivity contribution in [1.82, 2.24) is 45.2 Å². The monoisotopic (exact) mass is 1070 g/mol. The molecule has 7 amide bonds. The summed E-state index contributed by atoms with van der Waals surface area (Å²) in [6.07, 6.45) is 5.99. The van der Waals surface area contributed by atoms with Crippen LogP contribution >= 0.6 is 0 Å². The van der Waals surface area contributed by atoms with Gasteiger partial charge in [0.1, 0.15) is 17.8 Å². The number of carbonyl (C=O) groups excluding carboxylic acids is 7. The summed E-state index contributed by atoms with van der Waals surface area (Å²) in [5.41, 5.74) is 1.20. The third-order valence-corrected chi connectivity index (χ3v) is 15.1. The number of methoxy groups -OCH3 is 2. The van der Waals surface area contributed by atoms with Gasteiger partial charge in [-0.15, -0.1) is 5.10 Å². The molecule has 0 spiro atoms. The van der Waals surface area contributed by atoms with Crippen LogP contribution in [0.3, 0.4) is 0 Å². The quantitative estimate of drug-likeness (QED) is 0.0541. The van der Waals surface area contributed by atoms with E-state index < -0.39 is 71.9 Å². The molecule has 3 heterocycles. The molecule has 11 atom stereocenters. The fourth-order valence-electron chi connectivity index (χ4n) is 10.6. The minimum atomic E-state index is -1.16. The molecule has 2 aliphatic rings. The molecule has 2 saturated heterocycles. The van der Waals surface area contributed by atoms with Crippen molar-refractivity contribution in [3.63, 3.8) is 0 Å². The van der Waals surface area contributed by atoms with Gasteiger partial charge in [-0.25, -0.2) is 9.48 Å². The largest absolute Gasteiger partial charge is 0.480 e. The number of carboxylic acids is 1. The van der Waals surface area contributed by atoms with E-state index in [-0.39, 0.29) is 94.4 Å².